The van der Waals surface area contributed by atoms with E-state index in [2.05, 4.69) is 4.98 Å². The van der Waals surface area contributed by atoms with Gasteiger partial charge in [-0.15, -0.1) is 0 Å². The van der Waals surface area contributed by atoms with E-state index in [-0.39, 0.29) is 5.78 Å². The van der Waals surface area contributed by atoms with Gasteiger partial charge in [-0.25, -0.2) is 4.68 Å². The number of para-hydroxylation sites is 1. The number of benzene rings is 2. The minimum Gasteiger partial charge on any atom is -0.289 e. The number of hydrogen-bond acceptors (Lipinski definition) is 3. The fourth-order valence-corrected chi connectivity index (χ4v) is 2.82. The summed E-state index contributed by atoms with van der Waals surface area (Å²) in [6.45, 7) is 0. The molecule has 0 fully saturated rings. The van der Waals surface area contributed by atoms with E-state index < -0.39 is 0 Å². The molecule has 0 N–H and O–H groups in total. The Hall–Kier alpha value is -3.79. The van der Waals surface area contributed by atoms with Crippen molar-refractivity contribution in [1.82, 2.24) is 14.8 Å². The number of pyridine rings is 1. The Balaban J connectivity index is 1.73. The van der Waals surface area contributed by atoms with E-state index in [1.165, 1.54) is 0 Å². The molecule has 4 heteroatoms. The first-order valence-corrected chi connectivity index (χ1v) is 8.64. The molecule has 2 aromatic carbocycles. The fraction of sp³-hybridized carbons (Fsp3) is 0. The van der Waals surface area contributed by atoms with Crippen LogP contribution in [-0.2, 0) is 0 Å². The van der Waals surface area contributed by atoms with Crippen LogP contribution in [0.15, 0.2) is 97.5 Å². The van der Waals surface area contributed by atoms with Crippen LogP contribution in [0.5, 0.6) is 0 Å². The predicted octanol–water partition coefficient (Wildman–Crippen LogP) is 4.83. The lowest BCUT2D eigenvalue weighted by atomic mass is 10.1. The molecular formula is C23H17N3O. The van der Waals surface area contributed by atoms with E-state index in [4.69, 9.17) is 5.10 Å². The average Bonchev–Trinajstić information content (AvgIpc) is 3.18. The van der Waals surface area contributed by atoms with Crippen LogP contribution in [0.4, 0.5) is 0 Å². The van der Waals surface area contributed by atoms with E-state index in [9.17, 15) is 4.79 Å². The van der Waals surface area contributed by atoms with Gasteiger partial charge in [0.2, 0.25) is 0 Å². The second-order valence-corrected chi connectivity index (χ2v) is 6.01. The maximum atomic E-state index is 12.4. The summed E-state index contributed by atoms with van der Waals surface area (Å²) in [6.07, 6.45) is 8.81. The number of rotatable bonds is 5. The van der Waals surface area contributed by atoms with Crippen LogP contribution in [0, 0.1) is 0 Å². The number of carbonyl (C=O) groups excluding carboxylic acids is 1. The van der Waals surface area contributed by atoms with Crippen molar-refractivity contribution in [3.63, 3.8) is 0 Å². The normalized spacial score (nSPS) is 11.0. The van der Waals surface area contributed by atoms with Crippen molar-refractivity contribution in [2.75, 3.05) is 0 Å². The van der Waals surface area contributed by atoms with Gasteiger partial charge in [0.05, 0.1) is 5.69 Å². The van der Waals surface area contributed by atoms with Crippen molar-refractivity contribution >= 4 is 11.9 Å². The summed E-state index contributed by atoms with van der Waals surface area (Å²) in [6, 6.07) is 22.9. The first-order chi connectivity index (χ1) is 13.3. The van der Waals surface area contributed by atoms with Gasteiger partial charge in [0, 0.05) is 35.3 Å². The van der Waals surface area contributed by atoms with Crippen molar-refractivity contribution in [3.8, 4) is 16.9 Å². The SMILES string of the molecule is O=C(/C=C/c1cn(-c2ccccc2)nc1-c1ccncc1)c1ccccc1. The molecule has 4 nitrogen and oxygen atoms in total. The zero-order valence-corrected chi connectivity index (χ0v) is 14.6. The monoisotopic (exact) mass is 351 g/mol. The number of aromatic nitrogens is 3. The molecule has 0 radical (unpaired) electrons. The van der Waals surface area contributed by atoms with E-state index in [0.29, 0.717) is 5.56 Å². The maximum Gasteiger partial charge on any atom is 0.185 e. The molecule has 0 atom stereocenters. The molecule has 0 aliphatic carbocycles. The van der Waals surface area contributed by atoms with Gasteiger partial charge in [-0.05, 0) is 36.4 Å². The van der Waals surface area contributed by atoms with Crippen LogP contribution < -0.4 is 0 Å². The molecule has 2 aromatic heterocycles. The third-order valence-electron chi connectivity index (χ3n) is 4.19. The van der Waals surface area contributed by atoms with Crippen LogP contribution in [0.25, 0.3) is 23.0 Å². The molecule has 4 rings (SSSR count). The quantitative estimate of drug-likeness (QED) is 0.382. The first-order valence-electron chi connectivity index (χ1n) is 8.64. The van der Waals surface area contributed by atoms with Crippen molar-refractivity contribution < 1.29 is 4.79 Å². The fourth-order valence-electron chi connectivity index (χ4n) is 2.82. The van der Waals surface area contributed by atoms with Crippen LogP contribution in [-0.4, -0.2) is 20.5 Å². The number of allylic oxidation sites excluding steroid dienone is 1. The van der Waals surface area contributed by atoms with Gasteiger partial charge in [0.1, 0.15) is 5.69 Å². The summed E-state index contributed by atoms with van der Waals surface area (Å²) in [5, 5.41) is 4.73. The molecule has 4 aromatic rings. The highest BCUT2D eigenvalue weighted by molar-refractivity contribution is 6.07. The average molecular weight is 351 g/mol. The summed E-state index contributed by atoms with van der Waals surface area (Å²) < 4.78 is 1.82. The molecule has 0 aliphatic rings. The molecule has 130 valence electrons. The summed E-state index contributed by atoms with van der Waals surface area (Å²) in [4.78, 5) is 16.5. The Morgan fingerprint density at radius 1 is 0.852 bits per heavy atom. The topological polar surface area (TPSA) is 47.8 Å². The Labute approximate surface area is 157 Å². The zero-order valence-electron chi connectivity index (χ0n) is 14.6. The van der Waals surface area contributed by atoms with Gasteiger partial charge in [-0.2, -0.15) is 5.10 Å². The number of hydrogen-bond donors (Lipinski definition) is 0. The molecular weight excluding hydrogens is 334 g/mol. The molecule has 0 bridgehead atoms. The lowest BCUT2D eigenvalue weighted by molar-refractivity contribution is 0.104. The molecule has 0 amide bonds. The van der Waals surface area contributed by atoms with Gasteiger partial charge < -0.3 is 0 Å². The van der Waals surface area contributed by atoms with Crippen LogP contribution in [0.3, 0.4) is 0 Å². The second kappa shape index (κ2) is 7.62. The van der Waals surface area contributed by atoms with Crippen molar-refractivity contribution in [3.05, 3.63) is 109 Å². The van der Waals surface area contributed by atoms with Gasteiger partial charge in [-0.3, -0.25) is 9.78 Å². The van der Waals surface area contributed by atoms with E-state index in [1.807, 2.05) is 89.8 Å². The molecule has 0 unspecified atom stereocenters. The van der Waals surface area contributed by atoms with Gasteiger partial charge in [-0.1, -0.05) is 48.5 Å². The third-order valence-corrected chi connectivity index (χ3v) is 4.19. The van der Waals surface area contributed by atoms with Crippen LogP contribution in [0.2, 0.25) is 0 Å². The Bertz CT molecular complexity index is 1070. The summed E-state index contributed by atoms with van der Waals surface area (Å²) in [7, 11) is 0. The number of carbonyl (C=O) groups is 1. The van der Waals surface area contributed by atoms with E-state index in [0.717, 1.165) is 22.5 Å². The van der Waals surface area contributed by atoms with Gasteiger partial charge in [0.15, 0.2) is 5.78 Å². The minimum absolute atomic E-state index is 0.0382. The Morgan fingerprint density at radius 3 is 2.22 bits per heavy atom. The third kappa shape index (κ3) is 3.75. The first kappa shape index (κ1) is 16.7. The lowest BCUT2D eigenvalue weighted by Crippen LogP contribution is -1.93. The summed E-state index contributed by atoms with van der Waals surface area (Å²) in [5.41, 5.74) is 4.25. The Morgan fingerprint density at radius 2 is 1.52 bits per heavy atom. The lowest BCUT2D eigenvalue weighted by Gasteiger charge is -2.00. The van der Waals surface area contributed by atoms with Crippen LogP contribution >= 0.6 is 0 Å². The molecule has 0 spiro atoms. The summed E-state index contributed by atoms with van der Waals surface area (Å²) >= 11 is 0. The standard InChI is InChI=1S/C23H17N3O/c27-22(18-7-3-1-4-8-18)12-11-20-17-26(21-9-5-2-6-10-21)25-23(20)19-13-15-24-16-14-19/h1-17H/b12-11+. The predicted molar refractivity (Wildman–Crippen MR) is 107 cm³/mol. The zero-order chi connectivity index (χ0) is 18.5. The highest BCUT2D eigenvalue weighted by Gasteiger charge is 2.11. The highest BCUT2D eigenvalue weighted by atomic mass is 16.1. The smallest absolute Gasteiger partial charge is 0.185 e. The molecule has 2 heterocycles. The van der Waals surface area contributed by atoms with Crippen molar-refractivity contribution in [1.29, 1.82) is 0 Å². The van der Waals surface area contributed by atoms with E-state index in [1.54, 1.807) is 18.5 Å². The second-order valence-electron chi connectivity index (χ2n) is 6.01. The molecule has 0 saturated carbocycles. The number of ketones is 1. The maximum absolute atomic E-state index is 12.4. The Kier molecular flexibility index (Phi) is 4.70. The number of nitrogens with zero attached hydrogens (tertiary/aromatic N) is 3. The van der Waals surface area contributed by atoms with E-state index >= 15 is 0 Å². The van der Waals surface area contributed by atoms with Gasteiger partial charge >= 0.3 is 0 Å². The minimum atomic E-state index is -0.0382. The van der Waals surface area contributed by atoms with Gasteiger partial charge in [0.25, 0.3) is 0 Å². The molecule has 0 saturated heterocycles. The van der Waals surface area contributed by atoms with Crippen molar-refractivity contribution in [2.45, 2.75) is 0 Å². The van der Waals surface area contributed by atoms with Crippen molar-refractivity contribution in [2.24, 2.45) is 0 Å². The highest BCUT2D eigenvalue weighted by Crippen LogP contribution is 2.24. The molecule has 0 aliphatic heterocycles. The molecule has 27 heavy (non-hydrogen) atoms. The largest absolute Gasteiger partial charge is 0.289 e. The van der Waals surface area contributed by atoms with Crippen LogP contribution in [0.1, 0.15) is 15.9 Å². The summed E-state index contributed by atoms with van der Waals surface area (Å²) in [5.74, 6) is -0.0382.